The molecule has 0 aliphatic heterocycles. The van der Waals surface area contributed by atoms with Gasteiger partial charge in [-0.2, -0.15) is 0 Å². The van der Waals surface area contributed by atoms with Crippen molar-refractivity contribution in [3.63, 3.8) is 0 Å². The lowest BCUT2D eigenvalue weighted by molar-refractivity contribution is -0.0506. The van der Waals surface area contributed by atoms with Gasteiger partial charge in [-0.15, -0.1) is 0 Å². The smallest absolute Gasteiger partial charge is 0.00728 e. The maximum atomic E-state index is 5.82. The average Bonchev–Trinajstić information content (AvgIpc) is 1.92. The highest BCUT2D eigenvalue weighted by Crippen LogP contribution is 2.54. The molecule has 58 valence electrons. The standard InChI is InChI=1S/C9H17N/c1-2-3-6-4-8-7(6)5-9(8)10/h6-9H,2-5,10H2,1H3. The van der Waals surface area contributed by atoms with Crippen LogP contribution in [-0.2, 0) is 0 Å². The highest BCUT2D eigenvalue weighted by Gasteiger charge is 2.51. The van der Waals surface area contributed by atoms with E-state index in [0.29, 0.717) is 6.04 Å². The summed E-state index contributed by atoms with van der Waals surface area (Å²) in [5, 5.41) is 0. The Balaban J connectivity index is 1.78. The van der Waals surface area contributed by atoms with Crippen LogP contribution in [-0.4, -0.2) is 6.04 Å². The van der Waals surface area contributed by atoms with Crippen molar-refractivity contribution < 1.29 is 0 Å². The van der Waals surface area contributed by atoms with Crippen LogP contribution in [0.5, 0.6) is 0 Å². The third kappa shape index (κ3) is 0.731. The van der Waals surface area contributed by atoms with Crippen LogP contribution in [0.15, 0.2) is 0 Å². The zero-order valence-electron chi connectivity index (χ0n) is 6.72. The number of hydrogen-bond donors (Lipinski definition) is 1. The highest BCUT2D eigenvalue weighted by molar-refractivity contribution is 5.03. The Morgan fingerprint density at radius 3 is 2.50 bits per heavy atom. The van der Waals surface area contributed by atoms with Gasteiger partial charge in [-0.05, 0) is 30.6 Å². The van der Waals surface area contributed by atoms with Crippen molar-refractivity contribution in [3.8, 4) is 0 Å². The van der Waals surface area contributed by atoms with Crippen LogP contribution in [0.3, 0.4) is 0 Å². The third-order valence-electron chi connectivity index (χ3n) is 3.48. The molecule has 0 aromatic rings. The molecule has 0 saturated heterocycles. The van der Waals surface area contributed by atoms with Crippen molar-refractivity contribution in [2.45, 2.75) is 38.6 Å². The Bertz CT molecular complexity index is 131. The van der Waals surface area contributed by atoms with Gasteiger partial charge in [0.15, 0.2) is 0 Å². The number of nitrogens with two attached hydrogens (primary N) is 1. The third-order valence-corrected chi connectivity index (χ3v) is 3.48. The predicted molar refractivity (Wildman–Crippen MR) is 42.6 cm³/mol. The Morgan fingerprint density at radius 1 is 1.30 bits per heavy atom. The van der Waals surface area contributed by atoms with Gasteiger partial charge in [-0.25, -0.2) is 0 Å². The lowest BCUT2D eigenvalue weighted by Gasteiger charge is -2.57. The second kappa shape index (κ2) is 2.23. The summed E-state index contributed by atoms with van der Waals surface area (Å²) in [6.45, 7) is 2.28. The molecular weight excluding hydrogens is 122 g/mol. The molecule has 2 N–H and O–H groups in total. The zero-order chi connectivity index (χ0) is 7.14. The minimum Gasteiger partial charge on any atom is -0.327 e. The molecule has 0 aromatic carbocycles. The molecule has 1 heteroatoms. The van der Waals surface area contributed by atoms with Crippen LogP contribution in [0.4, 0.5) is 0 Å². The van der Waals surface area contributed by atoms with Gasteiger partial charge < -0.3 is 5.73 Å². The first kappa shape index (κ1) is 6.66. The van der Waals surface area contributed by atoms with E-state index in [0.717, 1.165) is 17.8 Å². The molecular formula is C9H17N. The van der Waals surface area contributed by atoms with E-state index in [1.54, 1.807) is 0 Å². The van der Waals surface area contributed by atoms with E-state index in [2.05, 4.69) is 6.92 Å². The van der Waals surface area contributed by atoms with E-state index < -0.39 is 0 Å². The van der Waals surface area contributed by atoms with E-state index in [9.17, 15) is 0 Å². The quantitative estimate of drug-likeness (QED) is 0.620. The largest absolute Gasteiger partial charge is 0.327 e. The molecule has 2 fully saturated rings. The molecule has 0 bridgehead atoms. The van der Waals surface area contributed by atoms with Crippen molar-refractivity contribution in [3.05, 3.63) is 0 Å². The summed E-state index contributed by atoms with van der Waals surface area (Å²) >= 11 is 0. The molecule has 0 aromatic heterocycles. The second-order valence-electron chi connectivity index (χ2n) is 4.01. The van der Waals surface area contributed by atoms with Crippen LogP contribution in [0.25, 0.3) is 0 Å². The van der Waals surface area contributed by atoms with Crippen molar-refractivity contribution in [1.29, 1.82) is 0 Å². The maximum absolute atomic E-state index is 5.82. The molecule has 0 heterocycles. The van der Waals surface area contributed by atoms with E-state index in [1.165, 1.54) is 25.7 Å². The number of rotatable bonds is 2. The predicted octanol–water partition coefficient (Wildman–Crippen LogP) is 1.77. The van der Waals surface area contributed by atoms with Gasteiger partial charge in [0.1, 0.15) is 0 Å². The molecule has 4 atom stereocenters. The Hall–Kier alpha value is -0.0400. The number of hydrogen-bond acceptors (Lipinski definition) is 1. The van der Waals surface area contributed by atoms with Crippen LogP contribution in [0, 0.1) is 17.8 Å². The number of fused-ring (bicyclic) bond motifs is 1. The summed E-state index contributed by atoms with van der Waals surface area (Å²) in [5.74, 6) is 3.06. The van der Waals surface area contributed by atoms with Gasteiger partial charge in [-0.3, -0.25) is 0 Å². The molecule has 0 spiro atoms. The summed E-state index contributed by atoms with van der Waals surface area (Å²) in [4.78, 5) is 0. The van der Waals surface area contributed by atoms with E-state index in [4.69, 9.17) is 5.73 Å². The monoisotopic (exact) mass is 139 g/mol. The normalized spacial score (nSPS) is 51.0. The summed E-state index contributed by atoms with van der Waals surface area (Å²) < 4.78 is 0. The van der Waals surface area contributed by atoms with Crippen LogP contribution in [0.1, 0.15) is 32.6 Å². The average molecular weight is 139 g/mol. The molecule has 10 heavy (non-hydrogen) atoms. The summed E-state index contributed by atoms with van der Waals surface area (Å²) in [6, 6.07) is 0.582. The van der Waals surface area contributed by atoms with Crippen LogP contribution >= 0.6 is 0 Å². The van der Waals surface area contributed by atoms with Crippen molar-refractivity contribution in [2.24, 2.45) is 23.5 Å². The van der Waals surface area contributed by atoms with Gasteiger partial charge in [-0.1, -0.05) is 19.8 Å². The molecule has 2 saturated carbocycles. The van der Waals surface area contributed by atoms with E-state index in [-0.39, 0.29) is 0 Å². The fraction of sp³-hybridized carbons (Fsp3) is 1.00. The van der Waals surface area contributed by atoms with Gasteiger partial charge in [0.25, 0.3) is 0 Å². The first-order valence-electron chi connectivity index (χ1n) is 4.58. The Labute approximate surface area is 63.0 Å². The van der Waals surface area contributed by atoms with E-state index >= 15 is 0 Å². The molecule has 2 rings (SSSR count). The summed E-state index contributed by atoms with van der Waals surface area (Å²) in [5.41, 5.74) is 5.82. The van der Waals surface area contributed by atoms with Crippen molar-refractivity contribution in [1.82, 2.24) is 0 Å². The molecule has 1 nitrogen and oxygen atoms in total. The minimum atomic E-state index is 0.582. The lowest BCUT2D eigenvalue weighted by Crippen LogP contribution is -2.58. The van der Waals surface area contributed by atoms with Gasteiger partial charge in [0.2, 0.25) is 0 Å². The first-order chi connectivity index (χ1) is 4.83. The summed E-state index contributed by atoms with van der Waals surface area (Å²) in [7, 11) is 0. The zero-order valence-corrected chi connectivity index (χ0v) is 6.72. The Kier molecular flexibility index (Phi) is 1.48. The van der Waals surface area contributed by atoms with Gasteiger partial charge in [0, 0.05) is 6.04 Å². The SMILES string of the molecule is CCCC1CC2C(N)CC12. The topological polar surface area (TPSA) is 26.0 Å². The van der Waals surface area contributed by atoms with Crippen molar-refractivity contribution >= 4 is 0 Å². The fourth-order valence-corrected chi connectivity index (χ4v) is 2.71. The van der Waals surface area contributed by atoms with Crippen LogP contribution < -0.4 is 5.73 Å². The molecule has 2 aliphatic carbocycles. The van der Waals surface area contributed by atoms with E-state index in [1.807, 2.05) is 0 Å². The lowest BCUT2D eigenvalue weighted by atomic mass is 9.50. The molecule has 4 unspecified atom stereocenters. The molecule has 0 amide bonds. The summed E-state index contributed by atoms with van der Waals surface area (Å²) in [6.07, 6.45) is 5.59. The fourth-order valence-electron chi connectivity index (χ4n) is 2.71. The molecule has 0 radical (unpaired) electrons. The minimum absolute atomic E-state index is 0.582. The Morgan fingerprint density at radius 2 is 2.10 bits per heavy atom. The van der Waals surface area contributed by atoms with Crippen molar-refractivity contribution in [2.75, 3.05) is 0 Å². The first-order valence-corrected chi connectivity index (χ1v) is 4.58. The van der Waals surface area contributed by atoms with Crippen LogP contribution in [0.2, 0.25) is 0 Å². The second-order valence-corrected chi connectivity index (χ2v) is 4.01. The van der Waals surface area contributed by atoms with Gasteiger partial charge in [0.05, 0.1) is 0 Å². The van der Waals surface area contributed by atoms with Gasteiger partial charge >= 0.3 is 0 Å². The highest BCUT2D eigenvalue weighted by atomic mass is 14.8. The maximum Gasteiger partial charge on any atom is 0.00728 e. The molecule has 2 aliphatic rings.